The number of aromatic carboxylic acids is 1. The number of nitrogens with zero attached hydrogens (tertiary/aromatic N) is 2. The van der Waals surface area contributed by atoms with E-state index in [1.165, 1.54) is 44.4 Å². The third kappa shape index (κ3) is 7.33. The molecule has 0 spiro atoms. The number of ketones is 1. The average Bonchev–Trinajstić information content (AvgIpc) is 2.92. The fourth-order valence-corrected chi connectivity index (χ4v) is 4.29. The zero-order valence-corrected chi connectivity index (χ0v) is 25.9. The minimum Gasteiger partial charge on any atom is -1.00 e. The molecule has 9 nitrogen and oxygen atoms in total. The Morgan fingerprint density at radius 1 is 1.02 bits per heavy atom. The number of benzene rings is 3. The molecule has 0 unspecified atom stereocenters. The normalized spacial score (nSPS) is 11.2. The largest absolute Gasteiger partial charge is 1.00 e. The van der Waals surface area contributed by atoms with Crippen LogP contribution in [0.25, 0.3) is 11.1 Å². The average molecular weight is 586 g/mol. The van der Waals surface area contributed by atoms with Crippen molar-refractivity contribution in [3.05, 3.63) is 111 Å². The number of halogens is 1. The summed E-state index contributed by atoms with van der Waals surface area (Å²) in [5, 5.41) is 16.6. The van der Waals surface area contributed by atoms with E-state index in [0.29, 0.717) is 21.8 Å². The molecule has 1 aromatic heterocycles. The molecular formula is C29H25ClKN3O6. The van der Waals surface area contributed by atoms with Crippen molar-refractivity contribution in [1.29, 1.82) is 0 Å². The molecule has 0 saturated heterocycles. The van der Waals surface area contributed by atoms with E-state index >= 15 is 0 Å². The van der Waals surface area contributed by atoms with Gasteiger partial charge in [-0.1, -0.05) is 41.9 Å². The molecule has 0 aliphatic carbocycles. The van der Waals surface area contributed by atoms with Gasteiger partial charge in [0.05, 0.1) is 18.2 Å². The number of hydrogen-bond acceptors (Lipinski definition) is 6. The van der Waals surface area contributed by atoms with E-state index < -0.39 is 23.5 Å². The van der Waals surface area contributed by atoms with Crippen molar-refractivity contribution in [2.24, 2.45) is 0 Å². The SMILES string of the molecule is COc1nn([C@@H](Cc2ccccc2)C(=O)Nc2ccc(C(=O)O)cc2)c(=O)cc1-c1cc(Cl)ccc1C(C)=O.[H-].[K+]. The maximum atomic E-state index is 13.5. The molecule has 1 heterocycles. The minimum atomic E-state index is -1.09. The van der Waals surface area contributed by atoms with Crippen molar-refractivity contribution in [2.45, 2.75) is 19.4 Å². The molecule has 11 heteroatoms. The van der Waals surface area contributed by atoms with E-state index in [2.05, 4.69) is 10.4 Å². The van der Waals surface area contributed by atoms with Crippen LogP contribution < -0.4 is 67.0 Å². The number of carboxylic acid groups (broad SMARTS) is 1. The predicted molar refractivity (Wildman–Crippen MR) is 148 cm³/mol. The first-order valence-corrected chi connectivity index (χ1v) is 12.2. The van der Waals surface area contributed by atoms with Gasteiger partial charge in [-0.3, -0.25) is 14.4 Å². The van der Waals surface area contributed by atoms with Crippen molar-refractivity contribution in [3.63, 3.8) is 0 Å². The number of carboxylic acids is 1. The molecule has 1 amide bonds. The first-order chi connectivity index (χ1) is 18.7. The Labute approximate surface area is 279 Å². The van der Waals surface area contributed by atoms with Gasteiger partial charge >= 0.3 is 57.4 Å². The van der Waals surface area contributed by atoms with Gasteiger partial charge in [0.25, 0.3) is 5.56 Å². The van der Waals surface area contributed by atoms with Crippen LogP contribution >= 0.6 is 11.6 Å². The van der Waals surface area contributed by atoms with Crippen LogP contribution in [0.4, 0.5) is 5.69 Å². The smallest absolute Gasteiger partial charge is 1.00 e. The number of Topliss-reactive ketones (excluding diaryl/α,β-unsaturated/α-hetero) is 1. The van der Waals surface area contributed by atoms with Crippen LogP contribution in [-0.2, 0) is 11.2 Å². The molecule has 200 valence electrons. The molecule has 0 saturated carbocycles. The number of ether oxygens (including phenoxy) is 1. The van der Waals surface area contributed by atoms with Gasteiger partial charge in [0.15, 0.2) is 5.78 Å². The second kappa shape index (κ2) is 14.0. The number of rotatable bonds is 9. The van der Waals surface area contributed by atoms with Crippen LogP contribution in [0.5, 0.6) is 5.88 Å². The first-order valence-electron chi connectivity index (χ1n) is 11.8. The molecule has 40 heavy (non-hydrogen) atoms. The van der Waals surface area contributed by atoms with E-state index in [1.807, 2.05) is 30.3 Å². The Morgan fingerprint density at radius 3 is 2.30 bits per heavy atom. The maximum Gasteiger partial charge on any atom is 1.00 e. The van der Waals surface area contributed by atoms with Gasteiger partial charge < -0.3 is 16.6 Å². The van der Waals surface area contributed by atoms with Crippen molar-refractivity contribution in [1.82, 2.24) is 9.78 Å². The summed E-state index contributed by atoms with van der Waals surface area (Å²) in [7, 11) is 1.37. The molecule has 0 aliphatic rings. The van der Waals surface area contributed by atoms with E-state index in [4.69, 9.17) is 21.4 Å². The number of aromatic nitrogens is 2. The second-order valence-electron chi connectivity index (χ2n) is 8.67. The predicted octanol–water partition coefficient (Wildman–Crippen LogP) is 2.01. The molecular weight excluding hydrogens is 561 g/mol. The molecule has 0 bridgehead atoms. The molecule has 0 aliphatic heterocycles. The van der Waals surface area contributed by atoms with Crippen LogP contribution in [0.15, 0.2) is 83.7 Å². The molecule has 3 aromatic carbocycles. The summed E-state index contributed by atoms with van der Waals surface area (Å²) in [6.07, 6.45) is 0.130. The van der Waals surface area contributed by atoms with Crippen molar-refractivity contribution < 1.29 is 77.0 Å². The van der Waals surface area contributed by atoms with Gasteiger partial charge in [-0.25, -0.2) is 9.48 Å². The van der Waals surface area contributed by atoms with E-state index in [-0.39, 0.29) is 82.0 Å². The summed E-state index contributed by atoms with van der Waals surface area (Å²) in [6.45, 7) is 1.40. The van der Waals surface area contributed by atoms with Gasteiger partial charge in [-0.05, 0) is 60.5 Å². The summed E-state index contributed by atoms with van der Waals surface area (Å²) >= 11 is 6.18. The minimum absolute atomic E-state index is 0. The summed E-state index contributed by atoms with van der Waals surface area (Å²) < 4.78 is 6.53. The van der Waals surface area contributed by atoms with Crippen molar-refractivity contribution >= 4 is 34.9 Å². The monoisotopic (exact) mass is 585 g/mol. The van der Waals surface area contributed by atoms with Gasteiger partial charge in [0.2, 0.25) is 11.8 Å². The summed E-state index contributed by atoms with van der Waals surface area (Å²) in [4.78, 5) is 50.4. The Bertz CT molecular complexity index is 1610. The first kappa shape index (κ1) is 31.4. The van der Waals surface area contributed by atoms with E-state index in [0.717, 1.165) is 10.2 Å². The Balaban J connectivity index is 0.00000294. The van der Waals surface area contributed by atoms with Crippen LogP contribution in [0.1, 0.15) is 40.7 Å². The van der Waals surface area contributed by atoms with E-state index in [9.17, 15) is 19.2 Å². The van der Waals surface area contributed by atoms with Crippen LogP contribution in [0.3, 0.4) is 0 Å². The molecule has 4 rings (SSSR count). The molecule has 2 N–H and O–H groups in total. The third-order valence-corrected chi connectivity index (χ3v) is 6.27. The van der Waals surface area contributed by atoms with E-state index in [1.54, 1.807) is 18.2 Å². The molecule has 0 fully saturated rings. The summed E-state index contributed by atoms with van der Waals surface area (Å²) in [5.74, 6) is -1.84. The fourth-order valence-electron chi connectivity index (χ4n) is 4.11. The topological polar surface area (TPSA) is 128 Å². The van der Waals surface area contributed by atoms with Crippen LogP contribution in [0, 0.1) is 0 Å². The van der Waals surface area contributed by atoms with Gasteiger partial charge in [-0.15, -0.1) is 5.10 Å². The van der Waals surface area contributed by atoms with Gasteiger partial charge in [0, 0.05) is 28.8 Å². The number of hydrogen-bond donors (Lipinski definition) is 2. The summed E-state index contributed by atoms with van der Waals surface area (Å²) in [6, 6.07) is 19.6. The molecule has 1 atom stereocenters. The van der Waals surface area contributed by atoms with Crippen molar-refractivity contribution in [3.8, 4) is 17.0 Å². The number of amides is 1. The zero-order valence-electron chi connectivity index (χ0n) is 23.1. The zero-order chi connectivity index (χ0) is 28.1. The Hall–Kier alpha value is -3.12. The quantitative estimate of drug-likeness (QED) is 0.227. The Kier molecular flexibility index (Phi) is 11.0. The number of carbonyl (C=O) groups is 3. The number of carbonyl (C=O) groups excluding carboxylic acids is 2. The maximum absolute atomic E-state index is 13.5. The van der Waals surface area contributed by atoms with Crippen LogP contribution in [0.2, 0.25) is 5.02 Å². The van der Waals surface area contributed by atoms with Gasteiger partial charge in [0.1, 0.15) is 6.04 Å². The fraction of sp³-hybridized carbons (Fsp3) is 0.138. The molecule has 4 aromatic rings. The number of nitrogens with one attached hydrogen (secondary N) is 1. The number of methoxy groups -OCH3 is 1. The third-order valence-electron chi connectivity index (χ3n) is 6.04. The van der Waals surface area contributed by atoms with Crippen molar-refractivity contribution in [2.75, 3.05) is 12.4 Å². The van der Waals surface area contributed by atoms with Gasteiger partial charge in [-0.2, -0.15) is 0 Å². The summed E-state index contributed by atoms with van der Waals surface area (Å²) in [5.41, 5.74) is 1.57. The second-order valence-corrected chi connectivity index (χ2v) is 9.11. The number of anilines is 1. The Morgan fingerprint density at radius 2 is 1.70 bits per heavy atom. The molecule has 0 radical (unpaired) electrons. The van der Waals surface area contributed by atoms with Crippen LogP contribution in [-0.4, -0.2) is 39.7 Å². The standard InChI is InChI=1S/C29H24ClN3O6.K.H/c1-17(34)22-13-10-20(30)15-23(22)24-16-26(35)33(32-28(24)39-2)25(14-18-6-4-3-5-7-18)27(36)31-21-11-8-19(9-12-21)29(37)38;;/h3-13,15-16,25H,14H2,1-2H3,(H,31,36)(H,37,38);;/q;+1;-1/t25-;;/m0../s1.